The minimum absolute atomic E-state index is 0.0940. The van der Waals surface area contributed by atoms with E-state index >= 15 is 0 Å². The molecule has 2 aromatic carbocycles. The highest BCUT2D eigenvalue weighted by atomic mass is 16.5. The van der Waals surface area contributed by atoms with Gasteiger partial charge in [0.25, 0.3) is 11.5 Å². The summed E-state index contributed by atoms with van der Waals surface area (Å²) in [7, 11) is 1.63. The Balaban J connectivity index is 1.70. The molecule has 3 rings (SSSR count). The Morgan fingerprint density at radius 1 is 1.17 bits per heavy atom. The van der Waals surface area contributed by atoms with Crippen LogP contribution in [0.15, 0.2) is 53.3 Å². The lowest BCUT2D eigenvalue weighted by Gasteiger charge is -2.18. The summed E-state index contributed by atoms with van der Waals surface area (Å²) in [4.78, 5) is 33.2. The number of aromatic nitrogens is 2. The summed E-state index contributed by atoms with van der Waals surface area (Å²) < 4.78 is 5.18. The molecule has 0 saturated carbocycles. The van der Waals surface area contributed by atoms with Crippen LogP contribution in [0.5, 0.6) is 0 Å². The maximum absolute atomic E-state index is 12.5. The van der Waals surface area contributed by atoms with E-state index in [2.05, 4.69) is 22.2 Å². The molecule has 1 atom stereocenters. The lowest BCUT2D eigenvalue weighted by atomic mass is 10.1. The smallest absolute Gasteiger partial charge is 0.279 e. The van der Waals surface area contributed by atoms with Crippen molar-refractivity contribution in [3.05, 3.63) is 70.3 Å². The third kappa shape index (κ3) is 5.73. The molecule has 3 aromatic rings. The Morgan fingerprint density at radius 2 is 1.93 bits per heavy atom. The van der Waals surface area contributed by atoms with Crippen LogP contribution in [-0.4, -0.2) is 42.7 Å². The number of nitrogens with zero attached hydrogens (tertiary/aromatic N) is 1. The van der Waals surface area contributed by atoms with E-state index in [-0.39, 0.29) is 18.0 Å². The number of hydrogen-bond donors (Lipinski definition) is 3. The summed E-state index contributed by atoms with van der Waals surface area (Å²) in [5.74, 6) is 0.461. The van der Waals surface area contributed by atoms with Crippen LogP contribution in [0.25, 0.3) is 10.9 Å². The van der Waals surface area contributed by atoms with Gasteiger partial charge in [0, 0.05) is 12.8 Å². The number of H-pyrrole nitrogens is 1. The minimum atomic E-state index is -0.169. The molecule has 1 heterocycles. The maximum Gasteiger partial charge on any atom is 0.279 e. The van der Waals surface area contributed by atoms with Gasteiger partial charge in [-0.15, -0.1) is 0 Å². The van der Waals surface area contributed by atoms with Gasteiger partial charge >= 0.3 is 0 Å². The average molecular weight is 395 g/mol. The number of amides is 1. The van der Waals surface area contributed by atoms with Gasteiger partial charge in [-0.1, -0.05) is 31.2 Å². The highest BCUT2D eigenvalue weighted by Gasteiger charge is 2.17. The summed E-state index contributed by atoms with van der Waals surface area (Å²) in [6.07, 6.45) is 0.958. The number of methoxy groups -OCH3 is 1. The molecule has 152 valence electrons. The Kier molecular flexibility index (Phi) is 7.10. The third-order valence-corrected chi connectivity index (χ3v) is 4.80. The second-order valence-electron chi connectivity index (χ2n) is 6.97. The highest BCUT2D eigenvalue weighted by molar-refractivity contribution is 5.91. The van der Waals surface area contributed by atoms with Crippen LogP contribution in [0.2, 0.25) is 0 Å². The van der Waals surface area contributed by atoms with E-state index in [0.29, 0.717) is 36.4 Å². The van der Waals surface area contributed by atoms with E-state index in [4.69, 9.17) is 4.74 Å². The van der Waals surface area contributed by atoms with Gasteiger partial charge in [-0.25, -0.2) is 4.98 Å². The van der Waals surface area contributed by atoms with E-state index in [1.165, 1.54) is 5.56 Å². The van der Waals surface area contributed by atoms with Gasteiger partial charge in [-0.2, -0.15) is 0 Å². The number of quaternary nitrogens is 1. The molecule has 1 unspecified atom stereocenters. The molecule has 3 N–H and O–H groups in total. The van der Waals surface area contributed by atoms with Crippen LogP contribution in [0.4, 0.5) is 5.69 Å². The molecule has 0 spiro atoms. The number of carbonyl (C=O) groups is 1. The second kappa shape index (κ2) is 9.95. The lowest BCUT2D eigenvalue weighted by Crippen LogP contribution is -3.12. The van der Waals surface area contributed by atoms with Crippen molar-refractivity contribution in [2.24, 2.45) is 0 Å². The largest absolute Gasteiger partial charge is 0.379 e. The zero-order valence-corrected chi connectivity index (χ0v) is 16.8. The molecule has 0 saturated heterocycles. The number of hydrogen-bond acceptors (Lipinski definition) is 4. The van der Waals surface area contributed by atoms with Gasteiger partial charge in [0.1, 0.15) is 13.1 Å². The summed E-state index contributed by atoms with van der Waals surface area (Å²) in [5.41, 5.74) is 2.48. The number of anilines is 1. The number of nitrogens with one attached hydrogen (secondary N) is 3. The zero-order chi connectivity index (χ0) is 20.6. The third-order valence-electron chi connectivity index (χ3n) is 4.80. The number of aromatic amines is 1. The predicted molar refractivity (Wildman–Crippen MR) is 113 cm³/mol. The first kappa shape index (κ1) is 20.7. The van der Waals surface area contributed by atoms with Gasteiger partial charge in [-0.3, -0.25) is 9.59 Å². The highest BCUT2D eigenvalue weighted by Crippen LogP contribution is 2.09. The first-order chi connectivity index (χ1) is 14.1. The number of aryl methyl sites for hydroxylation is 1. The molecule has 0 aliphatic carbocycles. The Labute approximate surface area is 169 Å². The number of rotatable bonds is 9. The summed E-state index contributed by atoms with van der Waals surface area (Å²) in [6, 6.07) is 15.1. The monoisotopic (exact) mass is 395 g/mol. The van der Waals surface area contributed by atoms with Gasteiger partial charge in [0.05, 0.1) is 17.5 Å². The summed E-state index contributed by atoms with van der Waals surface area (Å²) in [5, 5.41) is 3.49. The quantitative estimate of drug-likeness (QED) is 0.507. The fourth-order valence-corrected chi connectivity index (χ4v) is 3.20. The van der Waals surface area contributed by atoms with Crippen molar-refractivity contribution in [2.45, 2.75) is 19.9 Å². The lowest BCUT2D eigenvalue weighted by molar-refractivity contribution is -0.906. The summed E-state index contributed by atoms with van der Waals surface area (Å²) in [6.45, 7) is 3.89. The predicted octanol–water partition coefficient (Wildman–Crippen LogP) is 1.16. The van der Waals surface area contributed by atoms with Crippen molar-refractivity contribution in [1.29, 1.82) is 0 Å². The van der Waals surface area contributed by atoms with Crippen LogP contribution in [0.3, 0.4) is 0 Å². The fourth-order valence-electron chi connectivity index (χ4n) is 3.20. The van der Waals surface area contributed by atoms with Crippen molar-refractivity contribution in [1.82, 2.24) is 9.97 Å². The van der Waals surface area contributed by atoms with E-state index in [0.717, 1.165) is 17.0 Å². The van der Waals surface area contributed by atoms with Crippen LogP contribution in [-0.2, 0) is 22.5 Å². The zero-order valence-electron chi connectivity index (χ0n) is 16.8. The summed E-state index contributed by atoms with van der Waals surface area (Å²) >= 11 is 0. The molecule has 0 radical (unpaired) electrons. The number of benzene rings is 2. The molecule has 1 amide bonds. The van der Waals surface area contributed by atoms with Gasteiger partial charge in [0.2, 0.25) is 0 Å². The Bertz CT molecular complexity index is 1010. The number of ether oxygens (including phenoxy) is 1. The molecule has 1 aromatic heterocycles. The maximum atomic E-state index is 12.5. The van der Waals surface area contributed by atoms with E-state index in [9.17, 15) is 9.59 Å². The van der Waals surface area contributed by atoms with Crippen LogP contribution >= 0.6 is 0 Å². The van der Waals surface area contributed by atoms with Crippen molar-refractivity contribution in [3.63, 3.8) is 0 Å². The Hall–Kier alpha value is -3.03. The standard InChI is InChI=1S/C22H26N4O3/c1-3-16-8-10-17(11-9-16)23-21(27)15-26(12-13-29-2)14-20-24-19-7-5-4-6-18(19)22(28)25-20/h4-11H,3,12-15H2,1-2H3,(H,23,27)(H,24,25,28)/p+1. The van der Waals surface area contributed by atoms with Crippen LogP contribution in [0, 0.1) is 0 Å². The fraction of sp³-hybridized carbons (Fsp3) is 0.318. The average Bonchev–Trinajstić information content (AvgIpc) is 2.72. The van der Waals surface area contributed by atoms with Crippen LogP contribution < -0.4 is 15.8 Å². The van der Waals surface area contributed by atoms with Crippen molar-refractivity contribution >= 4 is 22.5 Å². The second-order valence-corrected chi connectivity index (χ2v) is 6.97. The van der Waals surface area contributed by atoms with E-state index in [1.807, 2.05) is 42.5 Å². The molecular weight excluding hydrogens is 368 g/mol. The molecule has 7 nitrogen and oxygen atoms in total. The molecule has 0 bridgehead atoms. The van der Waals surface area contributed by atoms with Gasteiger partial charge in [-0.05, 0) is 36.2 Å². The molecule has 7 heteroatoms. The topological polar surface area (TPSA) is 88.5 Å². The number of para-hydroxylation sites is 1. The normalized spacial score (nSPS) is 12.1. The van der Waals surface area contributed by atoms with Crippen LogP contribution in [0.1, 0.15) is 18.3 Å². The molecule has 0 aliphatic heterocycles. The van der Waals surface area contributed by atoms with Crippen molar-refractivity contribution in [2.75, 3.05) is 32.1 Å². The van der Waals surface area contributed by atoms with E-state index in [1.54, 1.807) is 13.2 Å². The number of carbonyl (C=O) groups excluding carboxylic acids is 1. The molecule has 0 aliphatic rings. The molecule has 0 fully saturated rings. The SMILES string of the molecule is CCc1ccc(NC(=O)C[NH+](CCOC)Cc2nc3ccccc3c(=O)[nH]2)cc1. The van der Waals surface area contributed by atoms with Crippen molar-refractivity contribution < 1.29 is 14.4 Å². The molecule has 29 heavy (non-hydrogen) atoms. The minimum Gasteiger partial charge on any atom is -0.379 e. The van der Waals surface area contributed by atoms with Gasteiger partial charge in [0.15, 0.2) is 12.4 Å². The van der Waals surface area contributed by atoms with E-state index < -0.39 is 0 Å². The van der Waals surface area contributed by atoms with Crippen molar-refractivity contribution in [3.8, 4) is 0 Å². The van der Waals surface area contributed by atoms with Gasteiger partial charge < -0.3 is 19.9 Å². The first-order valence-corrected chi connectivity index (χ1v) is 9.78. The molecular formula is C22H27N4O3+. The Morgan fingerprint density at radius 3 is 2.66 bits per heavy atom. The number of fused-ring (bicyclic) bond motifs is 1. The first-order valence-electron chi connectivity index (χ1n) is 9.78.